The summed E-state index contributed by atoms with van der Waals surface area (Å²) in [4.78, 5) is 14.5. The largest absolute Gasteiger partial charge is 0.304 e. The van der Waals surface area contributed by atoms with E-state index in [4.69, 9.17) is 0 Å². The lowest BCUT2D eigenvalue weighted by atomic mass is 9.70. The van der Waals surface area contributed by atoms with Crippen LogP contribution in [0, 0.1) is 16.7 Å². The summed E-state index contributed by atoms with van der Waals surface area (Å²) in [6.07, 6.45) is 1.75. The molecule has 0 amide bonds. The number of alkyl halides is 1. The zero-order valence-electron chi connectivity index (χ0n) is 13.5. The highest BCUT2D eigenvalue weighted by molar-refractivity contribution is 9.10. The zero-order valence-corrected chi connectivity index (χ0v) is 15.9. The van der Waals surface area contributed by atoms with Gasteiger partial charge in [-0.25, -0.2) is 8.42 Å². The van der Waals surface area contributed by atoms with Crippen LogP contribution in [-0.2, 0) is 14.8 Å². The Morgan fingerprint density at radius 1 is 1.23 bits per heavy atom. The van der Waals surface area contributed by atoms with Gasteiger partial charge in [0.05, 0.1) is 10.6 Å². The summed E-state index contributed by atoms with van der Waals surface area (Å²) in [5.74, 6) is 0.422. The molecule has 7 heteroatoms. The fourth-order valence-electron chi connectivity index (χ4n) is 4.62. The number of likely N-dealkylation sites (N-methyl/N-ethyl adjacent to an activating group) is 1. The number of carbonyl (C=O) groups excluding carboxylic acids is 1. The number of halogens is 1. The SMILES string of the molecule is CN1CCN(S(=O)(=O)C[C@@]2(C)[C@H]3CC[C@@]2(C)C(=O)[C@H]3Br)CC1. The van der Waals surface area contributed by atoms with Crippen molar-refractivity contribution in [2.24, 2.45) is 16.7 Å². The highest BCUT2D eigenvalue weighted by atomic mass is 79.9. The van der Waals surface area contributed by atoms with E-state index in [1.54, 1.807) is 4.31 Å². The number of Topliss-reactive ketones (excluding diaryl/α,β-unsaturated/α-hetero) is 1. The third-order valence-electron chi connectivity index (χ3n) is 6.52. The van der Waals surface area contributed by atoms with Gasteiger partial charge >= 0.3 is 0 Å². The number of rotatable bonds is 3. The summed E-state index contributed by atoms with van der Waals surface area (Å²) < 4.78 is 27.4. The van der Waals surface area contributed by atoms with Crippen molar-refractivity contribution >= 4 is 31.7 Å². The first-order valence-electron chi connectivity index (χ1n) is 7.97. The first-order valence-corrected chi connectivity index (χ1v) is 10.5. The number of nitrogens with zero attached hydrogens (tertiary/aromatic N) is 2. The fraction of sp³-hybridized carbons (Fsp3) is 0.933. The second kappa shape index (κ2) is 5.26. The molecule has 0 aromatic carbocycles. The molecule has 3 rings (SSSR count). The quantitative estimate of drug-likeness (QED) is 0.679. The maximum absolute atomic E-state index is 12.9. The number of sulfonamides is 1. The smallest absolute Gasteiger partial charge is 0.214 e. The molecule has 0 N–H and O–H groups in total. The number of fused-ring (bicyclic) bond motifs is 2. The van der Waals surface area contributed by atoms with E-state index < -0.39 is 20.9 Å². The number of carbonyl (C=O) groups is 1. The molecule has 3 aliphatic rings. The highest BCUT2D eigenvalue weighted by Gasteiger charge is 2.68. The second-order valence-corrected chi connectivity index (χ2v) is 10.6. The van der Waals surface area contributed by atoms with Gasteiger partial charge in [0.1, 0.15) is 0 Å². The molecule has 0 spiro atoms. The van der Waals surface area contributed by atoms with Crippen molar-refractivity contribution in [1.29, 1.82) is 0 Å². The molecule has 0 unspecified atom stereocenters. The number of hydrogen-bond donors (Lipinski definition) is 0. The van der Waals surface area contributed by atoms with Gasteiger partial charge in [-0.15, -0.1) is 0 Å². The van der Waals surface area contributed by atoms with Crippen molar-refractivity contribution in [2.45, 2.75) is 31.5 Å². The monoisotopic (exact) mass is 392 g/mol. The maximum Gasteiger partial charge on any atom is 0.214 e. The molecule has 0 radical (unpaired) electrons. The molecule has 2 aliphatic carbocycles. The molecule has 5 nitrogen and oxygen atoms in total. The first-order chi connectivity index (χ1) is 10.1. The van der Waals surface area contributed by atoms with Crippen LogP contribution in [0.2, 0.25) is 0 Å². The summed E-state index contributed by atoms with van der Waals surface area (Å²) in [5, 5.41) is 0. The van der Waals surface area contributed by atoms with Crippen LogP contribution in [0.25, 0.3) is 0 Å². The number of piperazine rings is 1. The Kier molecular flexibility index (Phi) is 4.03. The van der Waals surface area contributed by atoms with E-state index in [2.05, 4.69) is 20.8 Å². The van der Waals surface area contributed by atoms with Crippen molar-refractivity contribution in [3.05, 3.63) is 0 Å². The minimum Gasteiger partial charge on any atom is -0.304 e. The standard InChI is InChI=1S/C15H25BrN2O3S/c1-14-5-4-11(12(16)13(14)19)15(14,2)10-22(20,21)18-8-6-17(3)7-9-18/h11-12H,4-10H2,1-3H3/t11-,12-,14-,15-/m0/s1. The lowest BCUT2D eigenvalue weighted by molar-refractivity contribution is -0.127. The Hall–Kier alpha value is 0.0200. The average Bonchev–Trinajstić information content (AvgIpc) is 2.75. The van der Waals surface area contributed by atoms with Gasteiger partial charge in [0.15, 0.2) is 5.78 Å². The molecule has 126 valence electrons. The van der Waals surface area contributed by atoms with Crippen molar-refractivity contribution in [3.8, 4) is 0 Å². The van der Waals surface area contributed by atoms with E-state index in [1.807, 2.05) is 20.9 Å². The predicted molar refractivity (Wildman–Crippen MR) is 89.5 cm³/mol. The highest BCUT2D eigenvalue weighted by Crippen LogP contribution is 2.65. The molecule has 3 fully saturated rings. The lowest BCUT2D eigenvalue weighted by Crippen LogP contribution is -2.51. The lowest BCUT2D eigenvalue weighted by Gasteiger charge is -2.39. The minimum absolute atomic E-state index is 0.0960. The van der Waals surface area contributed by atoms with E-state index in [0.717, 1.165) is 25.9 Å². The summed E-state index contributed by atoms with van der Waals surface area (Å²) in [7, 11) is -1.31. The Labute approximate surface area is 141 Å². The van der Waals surface area contributed by atoms with E-state index in [1.165, 1.54) is 0 Å². The molecule has 4 atom stereocenters. The maximum atomic E-state index is 12.9. The van der Waals surface area contributed by atoms with Crippen molar-refractivity contribution < 1.29 is 13.2 Å². The molecule has 0 aromatic heterocycles. The van der Waals surface area contributed by atoms with E-state index >= 15 is 0 Å². The van der Waals surface area contributed by atoms with Crippen molar-refractivity contribution in [1.82, 2.24) is 9.21 Å². The molecular weight excluding hydrogens is 368 g/mol. The Morgan fingerprint density at radius 2 is 1.82 bits per heavy atom. The summed E-state index contributed by atoms with van der Waals surface area (Å²) in [6.45, 7) is 6.64. The number of ketones is 1. The molecule has 22 heavy (non-hydrogen) atoms. The van der Waals surface area contributed by atoms with Gasteiger partial charge in [0.2, 0.25) is 10.0 Å². The summed E-state index contributed by atoms with van der Waals surface area (Å²) in [6, 6.07) is 0. The van der Waals surface area contributed by atoms with Crippen LogP contribution in [0.4, 0.5) is 0 Å². The first kappa shape index (κ1) is 16.9. The molecule has 2 bridgehead atoms. The van der Waals surface area contributed by atoms with Crippen LogP contribution < -0.4 is 0 Å². The molecule has 2 saturated carbocycles. The van der Waals surface area contributed by atoms with E-state index in [9.17, 15) is 13.2 Å². The van der Waals surface area contributed by atoms with Gasteiger partial charge < -0.3 is 4.90 Å². The molecule has 1 aliphatic heterocycles. The van der Waals surface area contributed by atoms with Crippen molar-refractivity contribution in [2.75, 3.05) is 39.0 Å². The number of hydrogen-bond acceptors (Lipinski definition) is 4. The second-order valence-electron chi connectivity index (χ2n) is 7.62. The van der Waals surface area contributed by atoms with Gasteiger partial charge in [-0.05, 0) is 31.2 Å². The molecule has 0 aromatic rings. The molecule has 1 heterocycles. The third kappa shape index (κ3) is 2.23. The third-order valence-corrected chi connectivity index (χ3v) is 9.69. The van der Waals surface area contributed by atoms with Gasteiger partial charge in [-0.2, -0.15) is 4.31 Å². The van der Waals surface area contributed by atoms with Crippen LogP contribution >= 0.6 is 15.9 Å². The Balaban J connectivity index is 1.85. The normalized spacial score (nSPS) is 43.9. The van der Waals surface area contributed by atoms with Gasteiger partial charge in [0.25, 0.3) is 0 Å². The minimum atomic E-state index is -3.33. The van der Waals surface area contributed by atoms with Crippen LogP contribution in [-0.4, -0.2) is 67.2 Å². The fourth-order valence-corrected chi connectivity index (χ4v) is 8.17. The van der Waals surface area contributed by atoms with Crippen LogP contribution in [0.5, 0.6) is 0 Å². The predicted octanol–water partition coefficient (Wildman–Crippen LogP) is 1.33. The Morgan fingerprint density at radius 3 is 2.32 bits per heavy atom. The average molecular weight is 393 g/mol. The summed E-state index contributed by atoms with van der Waals surface area (Å²) in [5.41, 5.74) is -0.966. The summed E-state index contributed by atoms with van der Waals surface area (Å²) >= 11 is 3.52. The van der Waals surface area contributed by atoms with Crippen LogP contribution in [0.3, 0.4) is 0 Å². The van der Waals surface area contributed by atoms with Crippen LogP contribution in [0.15, 0.2) is 0 Å². The van der Waals surface area contributed by atoms with Gasteiger partial charge in [-0.1, -0.05) is 29.8 Å². The van der Waals surface area contributed by atoms with E-state index in [-0.39, 0.29) is 22.3 Å². The Bertz CT molecular complexity index is 588. The molecule has 1 saturated heterocycles. The van der Waals surface area contributed by atoms with Gasteiger partial charge in [-0.3, -0.25) is 4.79 Å². The zero-order chi connectivity index (χ0) is 16.3. The van der Waals surface area contributed by atoms with Crippen molar-refractivity contribution in [3.63, 3.8) is 0 Å². The topological polar surface area (TPSA) is 57.7 Å². The van der Waals surface area contributed by atoms with Crippen LogP contribution in [0.1, 0.15) is 26.7 Å². The molecular formula is C15H25BrN2O3S. The van der Waals surface area contributed by atoms with Gasteiger partial charge in [0, 0.05) is 31.6 Å². The van der Waals surface area contributed by atoms with E-state index in [0.29, 0.717) is 13.1 Å².